The largest absolute Gasteiger partial charge is 0.456 e. The summed E-state index contributed by atoms with van der Waals surface area (Å²) in [5.74, 6) is 0. The molecule has 11 aromatic carbocycles. The molecule has 62 heavy (non-hydrogen) atoms. The Morgan fingerprint density at radius 3 is 1.73 bits per heavy atom. The molecule has 0 amide bonds. The van der Waals surface area contributed by atoms with Crippen LogP contribution in [0.1, 0.15) is 16.4 Å². The van der Waals surface area contributed by atoms with Crippen LogP contribution in [0.3, 0.4) is 0 Å². The highest BCUT2D eigenvalue weighted by Crippen LogP contribution is 2.48. The highest BCUT2D eigenvalue weighted by molar-refractivity contribution is 6.25. The van der Waals surface area contributed by atoms with Crippen molar-refractivity contribution in [3.05, 3.63) is 218 Å². The topological polar surface area (TPSA) is 26.3 Å². The second kappa shape index (κ2) is 13.7. The zero-order chi connectivity index (χ0) is 51.2. The van der Waals surface area contributed by atoms with Crippen molar-refractivity contribution in [1.82, 2.24) is 0 Å². The minimum Gasteiger partial charge on any atom is -0.456 e. The Morgan fingerprint density at radius 2 is 0.871 bits per heavy atom. The molecule has 13 aromatic rings. The van der Waals surface area contributed by atoms with Crippen LogP contribution in [0.15, 0.2) is 227 Å². The van der Waals surface area contributed by atoms with Gasteiger partial charge in [0.25, 0.3) is 0 Å². The molecule has 0 aliphatic heterocycles. The van der Waals surface area contributed by atoms with E-state index >= 15 is 0 Å². The quantitative estimate of drug-likeness (QED) is 0.162. The molecule has 0 fully saturated rings. The van der Waals surface area contributed by atoms with Crippen LogP contribution in [0.2, 0.25) is 0 Å². The summed E-state index contributed by atoms with van der Waals surface area (Å²) in [7, 11) is 0. The number of rotatable bonds is 5. The van der Waals surface area contributed by atoms with Crippen molar-refractivity contribution in [1.29, 1.82) is 0 Å². The molecular weight excluding hydrogens is 753 g/mol. The lowest BCUT2D eigenvalue weighted by Crippen LogP contribution is -1.93. The zero-order valence-electron chi connectivity index (χ0n) is 44.7. The van der Waals surface area contributed by atoms with Gasteiger partial charge >= 0.3 is 0 Å². The lowest BCUT2D eigenvalue weighted by Gasteiger charge is -2.21. The van der Waals surface area contributed by atoms with Crippen LogP contribution in [0.4, 0.5) is 0 Å². The average molecular weight is 801 g/mol. The normalized spacial score (nSPS) is 14.6. The van der Waals surface area contributed by atoms with Crippen LogP contribution in [0.5, 0.6) is 0 Å². The van der Waals surface area contributed by atoms with E-state index in [9.17, 15) is 4.11 Å². The van der Waals surface area contributed by atoms with Crippen molar-refractivity contribution in [2.45, 2.75) is 0 Å². The SMILES string of the molecule is [2H]c1c([2H])c([2H])c(-c2ccc(-c3c4cc(-c5ccc6oc7ccccc7c6c5)ccc4c(-c4c([2H])c([2H])c([2H])c5c([2H])c([2H])c([2H])c([2H])c45)c4cc(-c5cccc6oc7ccccc7c56)ccc34)cc2)c([2H])c1[2H]. The minimum absolute atomic E-state index is 0.0463. The maximum atomic E-state index is 9.75. The molecule has 0 saturated carbocycles. The van der Waals surface area contributed by atoms with Gasteiger partial charge in [0.2, 0.25) is 0 Å². The predicted molar refractivity (Wildman–Crippen MR) is 261 cm³/mol. The molecule has 0 bridgehead atoms. The summed E-state index contributed by atoms with van der Waals surface area (Å²) in [6, 6.07) is 41.3. The van der Waals surface area contributed by atoms with Crippen molar-refractivity contribution in [2.24, 2.45) is 0 Å². The lowest BCUT2D eigenvalue weighted by atomic mass is 9.82. The van der Waals surface area contributed by atoms with Gasteiger partial charge in [-0.3, -0.25) is 0 Å². The first-order chi connectivity index (χ1) is 35.7. The predicted octanol–water partition coefficient (Wildman–Crippen LogP) is 17.3. The molecule has 0 aliphatic rings. The Morgan fingerprint density at radius 1 is 0.290 bits per heavy atom. The molecular formula is C60H36O2. The van der Waals surface area contributed by atoms with Crippen molar-refractivity contribution in [3.63, 3.8) is 0 Å². The van der Waals surface area contributed by atoms with E-state index in [0.717, 1.165) is 60.5 Å². The molecule has 0 radical (unpaired) electrons. The highest BCUT2D eigenvalue weighted by atomic mass is 16.3. The van der Waals surface area contributed by atoms with Crippen LogP contribution in [0.25, 0.3) is 132 Å². The molecule has 2 nitrogen and oxygen atoms in total. The summed E-state index contributed by atoms with van der Waals surface area (Å²) >= 11 is 0. The maximum Gasteiger partial charge on any atom is 0.136 e. The summed E-state index contributed by atoms with van der Waals surface area (Å²) in [4.78, 5) is 0. The van der Waals surface area contributed by atoms with E-state index in [2.05, 4.69) is 6.07 Å². The van der Waals surface area contributed by atoms with Gasteiger partial charge in [0.1, 0.15) is 22.3 Å². The van der Waals surface area contributed by atoms with Crippen LogP contribution < -0.4 is 0 Å². The van der Waals surface area contributed by atoms with E-state index in [4.69, 9.17) is 21.2 Å². The van der Waals surface area contributed by atoms with Gasteiger partial charge in [-0.15, -0.1) is 0 Å². The standard InChI is InChI=1S/C60H36O2/c1-2-12-37(13-3-1)38-24-26-40(27-25-38)58-48-32-29-43(45-19-11-23-57-60(45)50-18-7-9-22-55(50)62-57)36-53(48)59(47-20-10-15-39-14-4-5-16-44(39)47)49-31-28-41(35-52(49)58)42-30-33-56-51(34-42)46-17-6-8-21-54(46)61-56/h1-36H/i1D,2D,3D,4D,5D,10D,12D,13D,14D,15D,16D,20D. The van der Waals surface area contributed by atoms with Crippen molar-refractivity contribution >= 4 is 76.2 Å². The van der Waals surface area contributed by atoms with Gasteiger partial charge < -0.3 is 8.83 Å². The van der Waals surface area contributed by atoms with Gasteiger partial charge in [-0.05, 0) is 130 Å². The summed E-state index contributed by atoms with van der Waals surface area (Å²) in [6.07, 6.45) is 0. The smallest absolute Gasteiger partial charge is 0.136 e. The molecule has 0 atom stereocenters. The van der Waals surface area contributed by atoms with Gasteiger partial charge in [-0.25, -0.2) is 0 Å². The van der Waals surface area contributed by atoms with Crippen LogP contribution in [0, 0.1) is 0 Å². The van der Waals surface area contributed by atoms with Gasteiger partial charge in [-0.1, -0.05) is 176 Å². The van der Waals surface area contributed by atoms with Crippen molar-refractivity contribution in [3.8, 4) is 55.6 Å². The molecule has 0 unspecified atom stereocenters. The van der Waals surface area contributed by atoms with Crippen molar-refractivity contribution in [2.75, 3.05) is 0 Å². The molecule has 0 N–H and O–H groups in total. The first-order valence-electron chi connectivity index (χ1n) is 26.3. The fourth-order valence-electron chi connectivity index (χ4n) is 9.27. The average Bonchev–Trinajstić information content (AvgIpc) is 4.00. The van der Waals surface area contributed by atoms with E-state index in [-0.39, 0.29) is 40.0 Å². The second-order valence-corrected chi connectivity index (χ2v) is 15.4. The Bertz CT molecular complexity index is 4600. The van der Waals surface area contributed by atoms with Gasteiger partial charge in [0, 0.05) is 21.5 Å². The van der Waals surface area contributed by atoms with Gasteiger partial charge in [-0.2, -0.15) is 0 Å². The molecule has 13 rings (SSSR count). The maximum absolute atomic E-state index is 9.75. The third kappa shape index (κ3) is 5.37. The van der Waals surface area contributed by atoms with E-state index in [1.165, 1.54) is 0 Å². The number of fused-ring (bicyclic) bond motifs is 9. The van der Waals surface area contributed by atoms with E-state index in [0.29, 0.717) is 49.4 Å². The number of furan rings is 2. The van der Waals surface area contributed by atoms with Gasteiger partial charge in [0.15, 0.2) is 0 Å². The van der Waals surface area contributed by atoms with Gasteiger partial charge in [0.05, 0.1) is 16.4 Å². The molecule has 2 aromatic heterocycles. The van der Waals surface area contributed by atoms with Crippen molar-refractivity contribution < 1.29 is 25.3 Å². The number of hydrogen-bond acceptors (Lipinski definition) is 2. The Labute approximate surface area is 374 Å². The first kappa shape index (κ1) is 24.8. The lowest BCUT2D eigenvalue weighted by molar-refractivity contribution is 0.668. The fourth-order valence-corrected chi connectivity index (χ4v) is 9.27. The number of para-hydroxylation sites is 2. The Hall–Kier alpha value is -8.20. The zero-order valence-corrected chi connectivity index (χ0v) is 32.7. The van der Waals surface area contributed by atoms with Crippen LogP contribution in [-0.2, 0) is 0 Å². The summed E-state index contributed by atoms with van der Waals surface area (Å²) in [5.41, 5.74) is 8.61. The van der Waals surface area contributed by atoms with Crippen LogP contribution in [-0.4, -0.2) is 0 Å². The van der Waals surface area contributed by atoms with Crippen LogP contribution >= 0.6 is 0 Å². The molecule has 0 spiro atoms. The molecule has 2 heteroatoms. The Kier molecular flexibility index (Phi) is 5.46. The number of benzene rings is 11. The Balaban J connectivity index is 1.18. The third-order valence-corrected chi connectivity index (χ3v) is 12.1. The first-order valence-corrected chi connectivity index (χ1v) is 20.3. The van der Waals surface area contributed by atoms with E-state index in [1.54, 1.807) is 12.1 Å². The summed E-state index contributed by atoms with van der Waals surface area (Å²) in [6.45, 7) is 0. The second-order valence-electron chi connectivity index (χ2n) is 15.4. The molecule has 2 heterocycles. The number of hydrogen-bond donors (Lipinski definition) is 0. The van der Waals surface area contributed by atoms with E-state index in [1.807, 2.05) is 127 Å². The molecule has 288 valence electrons. The summed E-state index contributed by atoms with van der Waals surface area (Å²) < 4.78 is 119. The fraction of sp³-hybridized carbons (Fsp3) is 0. The minimum atomic E-state index is -0.550. The third-order valence-electron chi connectivity index (χ3n) is 12.1. The monoisotopic (exact) mass is 800 g/mol. The highest BCUT2D eigenvalue weighted by Gasteiger charge is 2.21. The van der Waals surface area contributed by atoms with E-state index < -0.39 is 54.4 Å². The summed E-state index contributed by atoms with van der Waals surface area (Å²) in [5, 5.41) is 6.00. The molecule has 0 saturated heterocycles. The molecule has 0 aliphatic carbocycles.